The van der Waals surface area contributed by atoms with Gasteiger partial charge in [0.25, 0.3) is 5.91 Å². The number of likely N-dealkylation sites (tertiary alicyclic amines) is 1. The van der Waals surface area contributed by atoms with Crippen LogP contribution in [0.15, 0.2) is 24.3 Å². The van der Waals surface area contributed by atoms with Crippen LogP contribution in [0.25, 0.3) is 0 Å². The molecular formula is C18H25N3O2. The van der Waals surface area contributed by atoms with Crippen molar-refractivity contribution in [3.05, 3.63) is 35.4 Å². The first kappa shape index (κ1) is 17.5. The zero-order valence-corrected chi connectivity index (χ0v) is 13.9. The number of rotatable bonds is 5. The molecule has 0 aromatic heterocycles. The first-order valence-electron chi connectivity index (χ1n) is 8.14. The number of nitrogens with zero attached hydrogens (tertiary/aromatic N) is 3. The second-order valence-corrected chi connectivity index (χ2v) is 6.35. The maximum Gasteiger partial charge on any atom is 0.255 e. The Morgan fingerprint density at radius 2 is 2.17 bits per heavy atom. The minimum Gasteiger partial charge on any atom is -0.396 e. The number of benzene rings is 1. The van der Waals surface area contributed by atoms with E-state index in [1.165, 1.54) is 0 Å². The van der Waals surface area contributed by atoms with Crippen LogP contribution in [0.1, 0.15) is 35.2 Å². The maximum atomic E-state index is 12.8. The quantitative estimate of drug-likeness (QED) is 0.898. The standard InChI is InChI=1S/C18H25N3O2/c1-20(2)17-9-10-21(13-15(17)7-5-11-22)18(23)16-8-4-3-6-14(16)12-19/h3-4,6,8,15,17,22H,5,7,9-11,13H2,1-2H3/t15-,17+/m0/s1. The van der Waals surface area contributed by atoms with Crippen molar-refractivity contribution < 1.29 is 9.90 Å². The number of hydrogen-bond acceptors (Lipinski definition) is 4. The van der Waals surface area contributed by atoms with E-state index in [2.05, 4.69) is 25.1 Å². The number of carbonyl (C=O) groups excluding carboxylic acids is 1. The topological polar surface area (TPSA) is 67.6 Å². The molecule has 1 aromatic carbocycles. The number of aliphatic hydroxyl groups is 1. The van der Waals surface area contributed by atoms with Gasteiger partial charge in [0.1, 0.15) is 0 Å². The molecule has 0 aliphatic carbocycles. The molecule has 2 rings (SSSR count). The Balaban J connectivity index is 2.14. The van der Waals surface area contributed by atoms with Gasteiger partial charge in [-0.3, -0.25) is 4.79 Å². The van der Waals surface area contributed by atoms with E-state index in [-0.39, 0.29) is 12.5 Å². The van der Waals surface area contributed by atoms with Gasteiger partial charge >= 0.3 is 0 Å². The summed E-state index contributed by atoms with van der Waals surface area (Å²) in [5, 5.41) is 18.3. The lowest BCUT2D eigenvalue weighted by atomic mass is 9.87. The van der Waals surface area contributed by atoms with E-state index >= 15 is 0 Å². The van der Waals surface area contributed by atoms with Gasteiger partial charge in [0.05, 0.1) is 17.2 Å². The molecule has 1 fully saturated rings. The highest BCUT2D eigenvalue weighted by Gasteiger charge is 2.33. The molecule has 1 N–H and O–H groups in total. The van der Waals surface area contributed by atoms with Crippen molar-refractivity contribution in [2.75, 3.05) is 33.8 Å². The average molecular weight is 315 g/mol. The molecule has 23 heavy (non-hydrogen) atoms. The second-order valence-electron chi connectivity index (χ2n) is 6.35. The lowest BCUT2D eigenvalue weighted by Gasteiger charge is -2.41. The lowest BCUT2D eigenvalue weighted by Crippen LogP contribution is -2.50. The van der Waals surface area contributed by atoms with E-state index in [4.69, 9.17) is 5.11 Å². The molecule has 0 bridgehead atoms. The van der Waals surface area contributed by atoms with Gasteiger partial charge in [-0.2, -0.15) is 5.26 Å². The summed E-state index contributed by atoms with van der Waals surface area (Å²) >= 11 is 0. The Morgan fingerprint density at radius 3 is 2.83 bits per heavy atom. The Labute approximate surface area is 138 Å². The van der Waals surface area contributed by atoms with E-state index in [1.54, 1.807) is 24.3 Å². The van der Waals surface area contributed by atoms with E-state index in [0.717, 1.165) is 19.3 Å². The molecule has 1 saturated heterocycles. The van der Waals surface area contributed by atoms with Crippen molar-refractivity contribution in [2.24, 2.45) is 5.92 Å². The van der Waals surface area contributed by atoms with Gasteiger partial charge in [-0.25, -0.2) is 0 Å². The second kappa shape index (κ2) is 8.09. The zero-order chi connectivity index (χ0) is 16.8. The van der Waals surface area contributed by atoms with E-state index in [0.29, 0.717) is 36.2 Å². The third kappa shape index (κ3) is 4.10. The summed E-state index contributed by atoms with van der Waals surface area (Å²) in [6, 6.07) is 9.51. The average Bonchev–Trinajstić information content (AvgIpc) is 2.58. The molecule has 0 unspecified atom stereocenters. The van der Waals surface area contributed by atoms with Gasteiger partial charge in [0.2, 0.25) is 0 Å². The molecule has 0 radical (unpaired) electrons. The van der Waals surface area contributed by atoms with Crippen LogP contribution in [-0.4, -0.2) is 60.6 Å². The molecule has 1 heterocycles. The predicted octanol–water partition coefficient (Wildman–Crippen LogP) is 1.72. The number of nitriles is 1. The van der Waals surface area contributed by atoms with Gasteiger partial charge in [0, 0.05) is 25.7 Å². The number of hydrogen-bond donors (Lipinski definition) is 1. The highest BCUT2D eigenvalue weighted by Crippen LogP contribution is 2.26. The van der Waals surface area contributed by atoms with Crippen molar-refractivity contribution in [3.8, 4) is 6.07 Å². The van der Waals surface area contributed by atoms with Crippen LogP contribution in [-0.2, 0) is 0 Å². The molecule has 124 valence electrons. The maximum absolute atomic E-state index is 12.8. The minimum atomic E-state index is -0.0617. The van der Waals surface area contributed by atoms with Gasteiger partial charge in [-0.05, 0) is 51.4 Å². The molecule has 0 saturated carbocycles. The summed E-state index contributed by atoms with van der Waals surface area (Å²) < 4.78 is 0. The summed E-state index contributed by atoms with van der Waals surface area (Å²) in [6.07, 6.45) is 2.58. The van der Waals surface area contributed by atoms with Crippen molar-refractivity contribution in [1.29, 1.82) is 5.26 Å². The van der Waals surface area contributed by atoms with Crippen LogP contribution < -0.4 is 0 Å². The van der Waals surface area contributed by atoms with Crippen LogP contribution >= 0.6 is 0 Å². The van der Waals surface area contributed by atoms with Crippen molar-refractivity contribution >= 4 is 5.91 Å². The molecule has 5 heteroatoms. The van der Waals surface area contributed by atoms with Gasteiger partial charge < -0.3 is 14.9 Å². The highest BCUT2D eigenvalue weighted by atomic mass is 16.2. The zero-order valence-electron chi connectivity index (χ0n) is 13.9. The molecular weight excluding hydrogens is 290 g/mol. The van der Waals surface area contributed by atoms with Gasteiger partial charge in [0.15, 0.2) is 0 Å². The fourth-order valence-electron chi connectivity index (χ4n) is 3.46. The Hall–Kier alpha value is -1.90. The number of carbonyl (C=O) groups is 1. The van der Waals surface area contributed by atoms with Crippen LogP contribution in [0, 0.1) is 17.2 Å². The van der Waals surface area contributed by atoms with Crippen LogP contribution in [0.4, 0.5) is 0 Å². The number of piperidine rings is 1. The smallest absolute Gasteiger partial charge is 0.255 e. The van der Waals surface area contributed by atoms with E-state index < -0.39 is 0 Å². The van der Waals surface area contributed by atoms with E-state index in [9.17, 15) is 10.1 Å². The molecule has 1 aromatic rings. The normalized spacial score (nSPS) is 21.3. The molecule has 2 atom stereocenters. The fraction of sp³-hybridized carbons (Fsp3) is 0.556. The first-order chi connectivity index (χ1) is 11.1. The third-order valence-electron chi connectivity index (χ3n) is 4.66. The SMILES string of the molecule is CN(C)[C@@H]1CCN(C(=O)c2ccccc2C#N)C[C@@H]1CCCO. The summed E-state index contributed by atoms with van der Waals surface area (Å²) in [7, 11) is 4.14. The Bertz CT molecular complexity index is 580. The predicted molar refractivity (Wildman–Crippen MR) is 89.0 cm³/mol. The largest absolute Gasteiger partial charge is 0.396 e. The van der Waals surface area contributed by atoms with Crippen molar-refractivity contribution in [2.45, 2.75) is 25.3 Å². The summed E-state index contributed by atoms with van der Waals surface area (Å²) in [5.74, 6) is 0.289. The Morgan fingerprint density at radius 1 is 1.43 bits per heavy atom. The van der Waals surface area contributed by atoms with Crippen LogP contribution in [0.3, 0.4) is 0 Å². The molecule has 1 aliphatic heterocycles. The summed E-state index contributed by atoms with van der Waals surface area (Å²) in [4.78, 5) is 16.9. The molecule has 1 aliphatic rings. The lowest BCUT2D eigenvalue weighted by molar-refractivity contribution is 0.0495. The number of aliphatic hydroxyl groups excluding tert-OH is 1. The van der Waals surface area contributed by atoms with Crippen LogP contribution in [0.2, 0.25) is 0 Å². The van der Waals surface area contributed by atoms with E-state index in [1.807, 2.05) is 4.90 Å². The van der Waals surface area contributed by atoms with Gasteiger partial charge in [-0.1, -0.05) is 12.1 Å². The first-order valence-corrected chi connectivity index (χ1v) is 8.14. The van der Waals surface area contributed by atoms with Crippen molar-refractivity contribution in [3.63, 3.8) is 0 Å². The summed E-state index contributed by atoms with van der Waals surface area (Å²) in [6.45, 7) is 1.57. The summed E-state index contributed by atoms with van der Waals surface area (Å²) in [5.41, 5.74) is 0.915. The molecule has 1 amide bonds. The monoisotopic (exact) mass is 315 g/mol. The van der Waals surface area contributed by atoms with Crippen molar-refractivity contribution in [1.82, 2.24) is 9.80 Å². The third-order valence-corrected chi connectivity index (χ3v) is 4.66. The Kier molecular flexibility index (Phi) is 6.14. The molecule has 5 nitrogen and oxygen atoms in total. The highest BCUT2D eigenvalue weighted by molar-refractivity contribution is 5.96. The fourth-order valence-corrected chi connectivity index (χ4v) is 3.46. The number of amides is 1. The molecule has 0 spiro atoms. The van der Waals surface area contributed by atoms with Gasteiger partial charge in [-0.15, -0.1) is 0 Å². The minimum absolute atomic E-state index is 0.0617. The van der Waals surface area contributed by atoms with Crippen LogP contribution in [0.5, 0.6) is 0 Å².